The van der Waals surface area contributed by atoms with Gasteiger partial charge in [0.05, 0.1) is 11.1 Å². The molecular formula is C14H13NO4S. The standard InChI is InChI=1S/C14H13NO4S/c1-8-6-7-11(20-8)14(18)19-15-12(16)9-4-2-3-5-10(9)13(15)17/h2-5,8,11H,6-7H2,1H3. The second-order valence-corrected chi connectivity index (χ2v) is 6.52. The van der Waals surface area contributed by atoms with Gasteiger partial charge in [0.15, 0.2) is 0 Å². The van der Waals surface area contributed by atoms with Crippen molar-refractivity contribution >= 4 is 29.5 Å². The summed E-state index contributed by atoms with van der Waals surface area (Å²) in [5.74, 6) is -1.67. The van der Waals surface area contributed by atoms with Crippen molar-refractivity contribution in [2.24, 2.45) is 0 Å². The molecule has 2 atom stereocenters. The number of carbonyl (C=O) groups is 3. The van der Waals surface area contributed by atoms with Gasteiger partial charge in [-0.05, 0) is 25.0 Å². The van der Waals surface area contributed by atoms with Crippen LogP contribution in [0.1, 0.15) is 40.5 Å². The number of imide groups is 1. The number of hydrogen-bond donors (Lipinski definition) is 0. The van der Waals surface area contributed by atoms with E-state index in [1.165, 1.54) is 11.8 Å². The highest BCUT2D eigenvalue weighted by molar-refractivity contribution is 8.01. The van der Waals surface area contributed by atoms with Crippen molar-refractivity contribution in [3.8, 4) is 0 Å². The maximum absolute atomic E-state index is 12.0. The van der Waals surface area contributed by atoms with Crippen LogP contribution in [-0.4, -0.2) is 33.3 Å². The molecule has 6 heteroatoms. The van der Waals surface area contributed by atoms with Crippen molar-refractivity contribution in [2.75, 3.05) is 0 Å². The smallest absolute Gasteiger partial charge is 0.328 e. The van der Waals surface area contributed by atoms with Crippen LogP contribution in [0.2, 0.25) is 0 Å². The van der Waals surface area contributed by atoms with Crippen molar-refractivity contribution in [3.63, 3.8) is 0 Å². The van der Waals surface area contributed by atoms with Gasteiger partial charge in [0.25, 0.3) is 11.8 Å². The molecule has 0 saturated carbocycles. The number of hydroxylamine groups is 2. The van der Waals surface area contributed by atoms with E-state index >= 15 is 0 Å². The predicted octanol–water partition coefficient (Wildman–Crippen LogP) is 2.02. The van der Waals surface area contributed by atoms with Gasteiger partial charge in [0, 0.05) is 5.25 Å². The number of hydrogen-bond acceptors (Lipinski definition) is 5. The van der Waals surface area contributed by atoms with Crippen LogP contribution in [0.3, 0.4) is 0 Å². The average molecular weight is 291 g/mol. The molecular weight excluding hydrogens is 278 g/mol. The Hall–Kier alpha value is -1.82. The van der Waals surface area contributed by atoms with Crippen LogP contribution >= 0.6 is 11.8 Å². The van der Waals surface area contributed by atoms with Gasteiger partial charge in [0.1, 0.15) is 5.25 Å². The van der Waals surface area contributed by atoms with Crippen LogP contribution in [0, 0.1) is 0 Å². The molecule has 104 valence electrons. The van der Waals surface area contributed by atoms with Gasteiger partial charge in [0.2, 0.25) is 0 Å². The second kappa shape index (κ2) is 4.94. The van der Waals surface area contributed by atoms with Crippen molar-refractivity contribution in [3.05, 3.63) is 35.4 Å². The van der Waals surface area contributed by atoms with Gasteiger partial charge in [-0.25, -0.2) is 4.79 Å². The number of amides is 2. The molecule has 0 bridgehead atoms. The molecule has 0 radical (unpaired) electrons. The summed E-state index contributed by atoms with van der Waals surface area (Å²) >= 11 is 1.52. The number of benzene rings is 1. The Bertz CT molecular complexity index is 566. The summed E-state index contributed by atoms with van der Waals surface area (Å²) in [4.78, 5) is 41.1. The number of thioether (sulfide) groups is 1. The molecule has 1 saturated heterocycles. The van der Waals surface area contributed by atoms with E-state index < -0.39 is 17.8 Å². The molecule has 0 aliphatic carbocycles. The lowest BCUT2D eigenvalue weighted by Crippen LogP contribution is -2.35. The first-order chi connectivity index (χ1) is 9.58. The Kier molecular flexibility index (Phi) is 3.25. The monoisotopic (exact) mass is 291 g/mol. The van der Waals surface area contributed by atoms with E-state index in [0.717, 1.165) is 6.42 Å². The highest BCUT2D eigenvalue weighted by Crippen LogP contribution is 2.34. The van der Waals surface area contributed by atoms with Crippen molar-refractivity contribution in [1.29, 1.82) is 0 Å². The van der Waals surface area contributed by atoms with Crippen molar-refractivity contribution in [1.82, 2.24) is 5.06 Å². The quantitative estimate of drug-likeness (QED) is 0.780. The highest BCUT2D eigenvalue weighted by Gasteiger charge is 2.40. The Morgan fingerprint density at radius 2 is 1.80 bits per heavy atom. The summed E-state index contributed by atoms with van der Waals surface area (Å²) < 4.78 is 0. The molecule has 1 fully saturated rings. The largest absolute Gasteiger partial charge is 0.346 e. The van der Waals surface area contributed by atoms with Gasteiger partial charge in [-0.3, -0.25) is 9.59 Å². The molecule has 20 heavy (non-hydrogen) atoms. The molecule has 0 N–H and O–H groups in total. The van der Waals surface area contributed by atoms with E-state index in [1.807, 2.05) is 6.92 Å². The van der Waals surface area contributed by atoms with Crippen LogP contribution in [-0.2, 0) is 9.63 Å². The van der Waals surface area contributed by atoms with E-state index in [1.54, 1.807) is 24.3 Å². The molecule has 2 aliphatic heterocycles. The lowest BCUT2D eigenvalue weighted by molar-refractivity contribution is -0.167. The fraction of sp³-hybridized carbons (Fsp3) is 0.357. The van der Waals surface area contributed by atoms with Crippen LogP contribution < -0.4 is 0 Å². The second-order valence-electron chi connectivity index (χ2n) is 4.87. The Morgan fingerprint density at radius 1 is 1.20 bits per heavy atom. The number of carbonyl (C=O) groups excluding carboxylic acids is 3. The molecule has 2 heterocycles. The zero-order valence-corrected chi connectivity index (χ0v) is 11.7. The zero-order chi connectivity index (χ0) is 14.3. The summed E-state index contributed by atoms with van der Waals surface area (Å²) in [6, 6.07) is 6.44. The van der Waals surface area contributed by atoms with E-state index in [2.05, 4.69) is 0 Å². The summed E-state index contributed by atoms with van der Waals surface area (Å²) in [6.07, 6.45) is 1.65. The lowest BCUT2D eigenvalue weighted by atomic mass is 10.1. The summed E-state index contributed by atoms with van der Waals surface area (Å²) in [7, 11) is 0. The molecule has 1 aromatic rings. The topological polar surface area (TPSA) is 63.7 Å². The molecule has 0 aromatic heterocycles. The molecule has 2 unspecified atom stereocenters. The van der Waals surface area contributed by atoms with Gasteiger partial charge in [-0.1, -0.05) is 24.1 Å². The SMILES string of the molecule is CC1CCC(C(=O)ON2C(=O)c3ccccc3C2=O)S1. The average Bonchev–Trinajstić information content (AvgIpc) is 2.98. The van der Waals surface area contributed by atoms with Crippen molar-refractivity contribution in [2.45, 2.75) is 30.3 Å². The maximum atomic E-state index is 12.0. The first kappa shape index (κ1) is 13.2. The van der Waals surface area contributed by atoms with Gasteiger partial charge < -0.3 is 4.84 Å². The molecule has 0 spiro atoms. The van der Waals surface area contributed by atoms with Gasteiger partial charge >= 0.3 is 5.97 Å². The molecule has 1 aromatic carbocycles. The van der Waals surface area contributed by atoms with E-state index in [4.69, 9.17) is 4.84 Å². The third-order valence-electron chi connectivity index (χ3n) is 3.43. The van der Waals surface area contributed by atoms with Crippen LogP contribution in [0.5, 0.6) is 0 Å². The first-order valence-electron chi connectivity index (χ1n) is 6.43. The Morgan fingerprint density at radius 3 is 2.30 bits per heavy atom. The normalized spacial score (nSPS) is 24.9. The number of nitrogens with zero attached hydrogens (tertiary/aromatic N) is 1. The summed E-state index contributed by atoms with van der Waals surface area (Å²) in [5, 5.41) is 0.681. The van der Waals surface area contributed by atoms with E-state index in [0.29, 0.717) is 16.7 Å². The van der Waals surface area contributed by atoms with Gasteiger partial charge in [-0.15, -0.1) is 11.8 Å². The Labute approximate surface area is 120 Å². The highest BCUT2D eigenvalue weighted by atomic mass is 32.2. The number of fused-ring (bicyclic) bond motifs is 1. The molecule has 3 rings (SSSR count). The Balaban J connectivity index is 1.75. The zero-order valence-electron chi connectivity index (χ0n) is 10.9. The number of rotatable bonds is 2. The molecule has 5 nitrogen and oxygen atoms in total. The van der Waals surface area contributed by atoms with Crippen molar-refractivity contribution < 1.29 is 19.2 Å². The van der Waals surface area contributed by atoms with Crippen LogP contribution in [0.25, 0.3) is 0 Å². The summed E-state index contributed by atoms with van der Waals surface area (Å²) in [5.41, 5.74) is 0.551. The molecule has 2 aliphatic rings. The third kappa shape index (κ3) is 2.10. The maximum Gasteiger partial charge on any atom is 0.346 e. The predicted molar refractivity (Wildman–Crippen MR) is 73.1 cm³/mol. The minimum absolute atomic E-state index is 0.276. The fourth-order valence-corrected chi connectivity index (χ4v) is 3.63. The third-order valence-corrected chi connectivity index (χ3v) is 4.89. The fourth-order valence-electron chi connectivity index (χ4n) is 2.37. The minimum Gasteiger partial charge on any atom is -0.328 e. The van der Waals surface area contributed by atoms with Crippen LogP contribution in [0.15, 0.2) is 24.3 Å². The molecule has 2 amide bonds. The van der Waals surface area contributed by atoms with E-state index in [-0.39, 0.29) is 16.4 Å². The first-order valence-corrected chi connectivity index (χ1v) is 7.37. The summed E-state index contributed by atoms with van der Waals surface area (Å²) in [6.45, 7) is 2.04. The minimum atomic E-state index is -0.574. The van der Waals surface area contributed by atoms with Crippen LogP contribution in [0.4, 0.5) is 0 Å². The van der Waals surface area contributed by atoms with Gasteiger partial charge in [-0.2, -0.15) is 0 Å². The van der Waals surface area contributed by atoms with E-state index in [9.17, 15) is 14.4 Å². The lowest BCUT2D eigenvalue weighted by Gasteiger charge is -2.15.